The van der Waals surface area contributed by atoms with E-state index in [1.165, 1.54) is 17.4 Å². The fourth-order valence-corrected chi connectivity index (χ4v) is 3.34. The minimum atomic E-state index is -1.46. The van der Waals surface area contributed by atoms with E-state index in [9.17, 15) is 13.2 Å². The fraction of sp³-hybridized carbons (Fsp3) is 0.167. The molecule has 0 saturated heterocycles. The molecule has 0 bridgehead atoms. The number of methoxy groups -OCH3 is 1. The lowest BCUT2D eigenvalue weighted by Crippen LogP contribution is -2.17. The van der Waals surface area contributed by atoms with E-state index >= 15 is 0 Å². The van der Waals surface area contributed by atoms with Crippen LogP contribution in [0.1, 0.15) is 22.7 Å². The van der Waals surface area contributed by atoms with Crippen molar-refractivity contribution < 1.29 is 22.9 Å². The van der Waals surface area contributed by atoms with E-state index in [0.717, 1.165) is 17.3 Å². The van der Waals surface area contributed by atoms with Crippen molar-refractivity contribution in [3.63, 3.8) is 0 Å². The lowest BCUT2D eigenvalue weighted by atomic mass is 9.89. The van der Waals surface area contributed by atoms with Crippen LogP contribution >= 0.6 is 11.3 Å². The molecule has 1 aromatic heterocycles. The lowest BCUT2D eigenvalue weighted by Gasteiger charge is -2.15. The highest BCUT2D eigenvalue weighted by molar-refractivity contribution is 7.13. The smallest absolute Gasteiger partial charge is 0.329 e. The van der Waals surface area contributed by atoms with Crippen molar-refractivity contribution in [1.29, 1.82) is 0 Å². The number of H-pyrrole nitrogens is 1. The first kappa shape index (κ1) is 17.3. The summed E-state index contributed by atoms with van der Waals surface area (Å²) in [4.78, 5) is 3.04. The van der Waals surface area contributed by atoms with Crippen molar-refractivity contribution in [3.05, 3.63) is 76.1 Å². The molecule has 0 aliphatic rings. The van der Waals surface area contributed by atoms with Crippen molar-refractivity contribution in [2.24, 2.45) is 0 Å². The predicted octanol–water partition coefficient (Wildman–Crippen LogP) is 3.94. The molecule has 25 heavy (non-hydrogen) atoms. The van der Waals surface area contributed by atoms with Gasteiger partial charge in [0.2, 0.25) is 0 Å². The Kier molecular flexibility index (Phi) is 4.94. The van der Waals surface area contributed by atoms with Crippen molar-refractivity contribution >= 4 is 16.5 Å². The first-order valence-electron chi connectivity index (χ1n) is 7.52. The quantitative estimate of drug-likeness (QED) is 0.696. The van der Waals surface area contributed by atoms with Crippen LogP contribution in [-0.4, -0.2) is 7.11 Å². The van der Waals surface area contributed by atoms with Gasteiger partial charge in [0.1, 0.15) is 11.4 Å². The molecule has 1 unspecified atom stereocenters. The van der Waals surface area contributed by atoms with Crippen LogP contribution in [0.4, 0.5) is 18.3 Å². The molecule has 3 nitrogen and oxygen atoms in total. The number of aromatic nitrogens is 1. The Hall–Kier alpha value is -2.54. The van der Waals surface area contributed by atoms with Crippen molar-refractivity contribution in [1.82, 2.24) is 0 Å². The van der Waals surface area contributed by atoms with Crippen molar-refractivity contribution in [3.8, 4) is 5.75 Å². The Bertz CT molecular complexity index is 881. The number of rotatable bonds is 5. The summed E-state index contributed by atoms with van der Waals surface area (Å²) >= 11 is 1.33. The Balaban J connectivity index is 2.01. The van der Waals surface area contributed by atoms with Crippen LogP contribution in [0.5, 0.6) is 5.75 Å². The summed E-state index contributed by atoms with van der Waals surface area (Å²) < 4.78 is 46.0. The number of anilines is 1. The number of nitrogens with two attached hydrogens (primary N) is 1. The van der Waals surface area contributed by atoms with E-state index in [2.05, 4.69) is 4.98 Å². The van der Waals surface area contributed by atoms with Gasteiger partial charge in [-0.1, -0.05) is 29.5 Å². The van der Waals surface area contributed by atoms with Gasteiger partial charge in [0.15, 0.2) is 17.5 Å². The summed E-state index contributed by atoms with van der Waals surface area (Å²) in [6.45, 7) is 0. The number of benzene rings is 2. The topological polar surface area (TPSA) is 49.4 Å². The highest BCUT2D eigenvalue weighted by Gasteiger charge is 2.23. The summed E-state index contributed by atoms with van der Waals surface area (Å²) in [6, 6.07) is 9.48. The van der Waals surface area contributed by atoms with Gasteiger partial charge in [0, 0.05) is 5.38 Å². The second kappa shape index (κ2) is 7.14. The second-order valence-electron chi connectivity index (χ2n) is 5.54. The van der Waals surface area contributed by atoms with Crippen molar-refractivity contribution in [2.75, 3.05) is 12.8 Å². The molecule has 0 aliphatic carbocycles. The number of aromatic amines is 1. The molecule has 2 aromatic carbocycles. The molecule has 7 heteroatoms. The first-order valence-corrected chi connectivity index (χ1v) is 8.40. The van der Waals surface area contributed by atoms with Crippen LogP contribution in [0, 0.1) is 17.5 Å². The number of hydrogen-bond donors (Lipinski definition) is 1. The van der Waals surface area contributed by atoms with Crippen molar-refractivity contribution in [2.45, 2.75) is 12.3 Å². The first-order chi connectivity index (χ1) is 12.0. The molecule has 130 valence electrons. The zero-order valence-corrected chi connectivity index (χ0v) is 14.2. The highest BCUT2D eigenvalue weighted by atomic mass is 32.1. The Morgan fingerprint density at radius 2 is 1.80 bits per heavy atom. The van der Waals surface area contributed by atoms with Gasteiger partial charge >= 0.3 is 5.13 Å². The average Bonchev–Trinajstić information content (AvgIpc) is 3.05. The van der Waals surface area contributed by atoms with E-state index in [1.54, 1.807) is 19.2 Å². The summed E-state index contributed by atoms with van der Waals surface area (Å²) in [5.74, 6) is -3.43. The van der Waals surface area contributed by atoms with Gasteiger partial charge in [-0.15, -0.1) is 0 Å². The van der Waals surface area contributed by atoms with E-state index in [0.29, 0.717) is 10.9 Å². The van der Waals surface area contributed by atoms with Crippen LogP contribution in [0.15, 0.2) is 41.8 Å². The molecule has 3 aromatic rings. The maximum atomic E-state index is 14.1. The molecule has 0 fully saturated rings. The molecular formula is C18H16F3N2OS+. The van der Waals surface area contributed by atoms with Gasteiger partial charge in [-0.2, -0.15) is 0 Å². The van der Waals surface area contributed by atoms with Gasteiger partial charge in [-0.25, -0.2) is 18.2 Å². The minimum Gasteiger partial charge on any atom is -0.497 e. The molecule has 1 atom stereocenters. The normalized spacial score (nSPS) is 12.2. The predicted molar refractivity (Wildman–Crippen MR) is 90.1 cm³/mol. The number of thiazole rings is 1. The maximum Gasteiger partial charge on any atom is 0.329 e. The van der Waals surface area contributed by atoms with E-state index in [4.69, 9.17) is 10.5 Å². The molecule has 0 aliphatic heterocycles. The summed E-state index contributed by atoms with van der Waals surface area (Å²) in [5, 5.41) is 2.35. The zero-order valence-electron chi connectivity index (χ0n) is 13.4. The van der Waals surface area contributed by atoms with Crippen LogP contribution in [0.25, 0.3) is 0 Å². The summed E-state index contributed by atoms with van der Waals surface area (Å²) in [5.41, 5.74) is 7.51. The molecule has 1 heterocycles. The number of ether oxygens (including phenoxy) is 1. The third-order valence-electron chi connectivity index (χ3n) is 4.01. The van der Waals surface area contributed by atoms with Crippen LogP contribution in [-0.2, 0) is 6.42 Å². The number of halogens is 3. The van der Waals surface area contributed by atoms with Crippen LogP contribution in [0.3, 0.4) is 0 Å². The molecule has 0 radical (unpaired) electrons. The van der Waals surface area contributed by atoms with E-state index in [-0.39, 0.29) is 17.9 Å². The second-order valence-corrected chi connectivity index (χ2v) is 6.46. The largest absolute Gasteiger partial charge is 0.497 e. The SMILES string of the molecule is COc1ccc(C(Cc2ccc(F)c(F)c2F)c2csc(N)[nH+]2)cc1. The third-order valence-corrected chi connectivity index (χ3v) is 4.74. The zero-order chi connectivity index (χ0) is 18.0. The Labute approximate surface area is 146 Å². The number of nitrogens with one attached hydrogen (secondary N) is 1. The van der Waals surface area contributed by atoms with Gasteiger partial charge in [-0.05, 0) is 35.7 Å². The highest BCUT2D eigenvalue weighted by Crippen LogP contribution is 2.31. The fourth-order valence-electron chi connectivity index (χ4n) is 2.68. The van der Waals surface area contributed by atoms with Gasteiger partial charge in [-0.3, -0.25) is 5.73 Å². The molecule has 0 amide bonds. The van der Waals surface area contributed by atoms with Gasteiger partial charge < -0.3 is 4.74 Å². The molecular weight excluding hydrogens is 349 g/mol. The molecule has 0 saturated carbocycles. The lowest BCUT2D eigenvalue weighted by molar-refractivity contribution is -0.368. The summed E-state index contributed by atoms with van der Waals surface area (Å²) in [6.07, 6.45) is 0.155. The van der Waals surface area contributed by atoms with Crippen LogP contribution < -0.4 is 15.5 Å². The van der Waals surface area contributed by atoms with Gasteiger partial charge in [0.05, 0.1) is 13.0 Å². The van der Waals surface area contributed by atoms with Crippen LogP contribution in [0.2, 0.25) is 0 Å². The van der Waals surface area contributed by atoms with E-state index in [1.807, 2.05) is 17.5 Å². The number of hydrogen-bond acceptors (Lipinski definition) is 3. The molecule has 3 rings (SSSR count). The third kappa shape index (κ3) is 3.61. The van der Waals surface area contributed by atoms with Gasteiger partial charge in [0.25, 0.3) is 0 Å². The summed E-state index contributed by atoms with van der Waals surface area (Å²) in [7, 11) is 1.57. The standard InChI is InChI=1S/C18H15F3N2OS/c1-24-12-5-2-10(3-6-12)13(15-9-25-18(22)23-15)8-11-4-7-14(19)17(21)16(11)20/h2-7,9,13H,8H2,1H3,(H2,22,23)/p+1. The monoisotopic (exact) mass is 365 g/mol. The molecule has 0 spiro atoms. The average molecular weight is 365 g/mol. The molecule has 3 N–H and O–H groups in total. The minimum absolute atomic E-state index is 0.0953. The Morgan fingerprint density at radius 1 is 1.08 bits per heavy atom. The Morgan fingerprint density at radius 3 is 2.40 bits per heavy atom. The van der Waals surface area contributed by atoms with E-state index < -0.39 is 17.5 Å². The number of nitrogen functional groups attached to an aromatic ring is 1. The maximum absolute atomic E-state index is 14.1.